The lowest BCUT2D eigenvalue weighted by Crippen LogP contribution is -2.25. The van der Waals surface area contributed by atoms with Gasteiger partial charge in [0.1, 0.15) is 5.75 Å². The maximum Gasteiger partial charge on any atom is 0.248 e. The SMILES string of the molecule is CC1=NNC(=O)C1CCC(=O)NN=Cc1cc(Br)ccc1O. The molecular weight excluding hydrogens is 352 g/mol. The van der Waals surface area contributed by atoms with Gasteiger partial charge < -0.3 is 5.11 Å². The molecule has 1 unspecified atom stereocenters. The largest absolute Gasteiger partial charge is 0.507 e. The van der Waals surface area contributed by atoms with Crippen LogP contribution in [-0.2, 0) is 9.59 Å². The number of carbonyl (C=O) groups excluding carboxylic acids is 2. The van der Waals surface area contributed by atoms with Gasteiger partial charge in [-0.1, -0.05) is 15.9 Å². The highest BCUT2D eigenvalue weighted by molar-refractivity contribution is 9.10. The third kappa shape index (κ3) is 4.14. The van der Waals surface area contributed by atoms with E-state index in [0.29, 0.717) is 17.7 Å². The van der Waals surface area contributed by atoms with E-state index in [4.69, 9.17) is 0 Å². The van der Waals surface area contributed by atoms with Crippen LogP contribution in [0.5, 0.6) is 5.75 Å². The second-order valence-corrected chi connectivity index (χ2v) is 5.73. The molecule has 2 rings (SSSR count). The Bertz CT molecular complexity index is 657. The molecule has 0 bridgehead atoms. The number of nitrogens with one attached hydrogen (secondary N) is 2. The number of benzene rings is 1. The number of rotatable bonds is 5. The maximum atomic E-state index is 11.7. The molecule has 1 aliphatic heterocycles. The van der Waals surface area contributed by atoms with Gasteiger partial charge in [-0.05, 0) is 31.5 Å². The summed E-state index contributed by atoms with van der Waals surface area (Å²) in [5.41, 5.74) is 5.90. The van der Waals surface area contributed by atoms with E-state index in [-0.39, 0.29) is 29.9 Å². The average molecular weight is 367 g/mol. The van der Waals surface area contributed by atoms with Crippen molar-refractivity contribution in [1.29, 1.82) is 0 Å². The first kappa shape index (κ1) is 16.2. The van der Waals surface area contributed by atoms with Crippen molar-refractivity contribution in [2.24, 2.45) is 16.1 Å². The minimum absolute atomic E-state index is 0.0654. The molecule has 1 aromatic rings. The molecular formula is C14H15BrN4O3. The monoisotopic (exact) mass is 366 g/mol. The van der Waals surface area contributed by atoms with Crippen LogP contribution in [0.4, 0.5) is 0 Å². The van der Waals surface area contributed by atoms with Gasteiger partial charge in [-0.2, -0.15) is 10.2 Å². The minimum Gasteiger partial charge on any atom is -0.507 e. The van der Waals surface area contributed by atoms with E-state index in [1.54, 1.807) is 19.1 Å². The number of aromatic hydroxyl groups is 1. The predicted octanol–water partition coefficient (Wildman–Crippen LogP) is 1.51. The summed E-state index contributed by atoms with van der Waals surface area (Å²) in [4.78, 5) is 23.1. The van der Waals surface area contributed by atoms with Gasteiger partial charge in [0.15, 0.2) is 0 Å². The van der Waals surface area contributed by atoms with Crippen molar-refractivity contribution in [3.63, 3.8) is 0 Å². The van der Waals surface area contributed by atoms with Crippen LogP contribution in [0.25, 0.3) is 0 Å². The van der Waals surface area contributed by atoms with E-state index in [2.05, 4.69) is 37.0 Å². The summed E-state index contributed by atoms with van der Waals surface area (Å²) in [6.45, 7) is 1.74. The van der Waals surface area contributed by atoms with Gasteiger partial charge in [-0.3, -0.25) is 9.59 Å². The molecule has 1 atom stereocenters. The lowest BCUT2D eigenvalue weighted by molar-refractivity contribution is -0.123. The Balaban J connectivity index is 1.83. The van der Waals surface area contributed by atoms with Crippen LogP contribution in [0.1, 0.15) is 25.3 Å². The van der Waals surface area contributed by atoms with Crippen LogP contribution in [0.15, 0.2) is 32.9 Å². The van der Waals surface area contributed by atoms with Crippen LogP contribution in [0.3, 0.4) is 0 Å². The van der Waals surface area contributed by atoms with Gasteiger partial charge >= 0.3 is 0 Å². The summed E-state index contributed by atoms with van der Waals surface area (Å²) in [5.74, 6) is -0.786. The Labute approximate surface area is 135 Å². The molecule has 1 aromatic carbocycles. The van der Waals surface area contributed by atoms with E-state index in [1.165, 1.54) is 12.3 Å². The summed E-state index contributed by atoms with van der Waals surface area (Å²) in [6.07, 6.45) is 1.89. The van der Waals surface area contributed by atoms with Crippen LogP contribution >= 0.6 is 15.9 Å². The molecule has 22 heavy (non-hydrogen) atoms. The Morgan fingerprint density at radius 1 is 1.59 bits per heavy atom. The first-order chi connectivity index (χ1) is 10.5. The fourth-order valence-electron chi connectivity index (χ4n) is 1.96. The smallest absolute Gasteiger partial charge is 0.248 e. The Hall–Kier alpha value is -2.22. The molecule has 0 spiro atoms. The number of halogens is 1. The molecule has 0 saturated carbocycles. The topological polar surface area (TPSA) is 103 Å². The molecule has 2 amide bonds. The summed E-state index contributed by atoms with van der Waals surface area (Å²) >= 11 is 3.28. The predicted molar refractivity (Wildman–Crippen MR) is 85.5 cm³/mol. The number of carbonyl (C=O) groups is 2. The maximum absolute atomic E-state index is 11.7. The minimum atomic E-state index is -0.358. The third-order valence-electron chi connectivity index (χ3n) is 3.21. The van der Waals surface area contributed by atoms with Crippen molar-refractivity contribution in [3.8, 4) is 5.75 Å². The van der Waals surface area contributed by atoms with Gasteiger partial charge in [0, 0.05) is 22.2 Å². The molecule has 0 saturated heterocycles. The van der Waals surface area contributed by atoms with E-state index in [1.807, 2.05) is 0 Å². The Morgan fingerprint density at radius 3 is 3.05 bits per heavy atom. The highest BCUT2D eigenvalue weighted by Crippen LogP contribution is 2.20. The second kappa shape index (κ2) is 7.17. The van der Waals surface area contributed by atoms with Gasteiger partial charge in [0.05, 0.1) is 12.1 Å². The Kier molecular flexibility index (Phi) is 5.26. The van der Waals surface area contributed by atoms with Crippen molar-refractivity contribution in [2.75, 3.05) is 0 Å². The Morgan fingerprint density at radius 2 is 2.36 bits per heavy atom. The number of amides is 2. The first-order valence-electron chi connectivity index (χ1n) is 6.62. The van der Waals surface area contributed by atoms with Crippen molar-refractivity contribution >= 4 is 39.7 Å². The molecule has 1 heterocycles. The third-order valence-corrected chi connectivity index (χ3v) is 3.70. The molecule has 8 heteroatoms. The van der Waals surface area contributed by atoms with Crippen LogP contribution in [-0.4, -0.2) is 28.8 Å². The number of phenols is 1. The van der Waals surface area contributed by atoms with Gasteiger partial charge in [0.2, 0.25) is 11.8 Å². The number of nitrogens with zero attached hydrogens (tertiary/aromatic N) is 2. The van der Waals surface area contributed by atoms with Crippen molar-refractivity contribution < 1.29 is 14.7 Å². The standard InChI is InChI=1S/C14H15BrN4O3/c1-8-11(14(22)19-17-8)3-5-13(21)18-16-7-9-6-10(15)2-4-12(9)20/h2,4,6-7,11,20H,3,5H2,1H3,(H,18,21)(H,19,22). The van der Waals surface area contributed by atoms with Crippen molar-refractivity contribution in [2.45, 2.75) is 19.8 Å². The highest BCUT2D eigenvalue weighted by Gasteiger charge is 2.26. The number of phenolic OH excluding ortho intramolecular Hbond substituents is 1. The van der Waals surface area contributed by atoms with Crippen LogP contribution in [0.2, 0.25) is 0 Å². The molecule has 0 aliphatic carbocycles. The summed E-state index contributed by atoms with van der Waals surface area (Å²) in [7, 11) is 0. The van der Waals surface area contributed by atoms with E-state index >= 15 is 0 Å². The lowest BCUT2D eigenvalue weighted by Gasteiger charge is -2.06. The molecule has 116 valence electrons. The first-order valence-corrected chi connectivity index (χ1v) is 7.41. The number of hydrazone groups is 2. The molecule has 0 radical (unpaired) electrons. The van der Waals surface area contributed by atoms with E-state index < -0.39 is 0 Å². The van der Waals surface area contributed by atoms with Crippen molar-refractivity contribution in [3.05, 3.63) is 28.2 Å². The zero-order valence-corrected chi connectivity index (χ0v) is 13.4. The van der Waals surface area contributed by atoms with E-state index in [9.17, 15) is 14.7 Å². The number of hydrogen-bond acceptors (Lipinski definition) is 5. The van der Waals surface area contributed by atoms with Crippen LogP contribution < -0.4 is 10.9 Å². The van der Waals surface area contributed by atoms with E-state index in [0.717, 1.165) is 4.47 Å². The number of hydrogen-bond donors (Lipinski definition) is 3. The van der Waals surface area contributed by atoms with Gasteiger partial charge in [0.25, 0.3) is 0 Å². The fraction of sp³-hybridized carbons (Fsp3) is 0.286. The average Bonchev–Trinajstić information content (AvgIpc) is 2.79. The van der Waals surface area contributed by atoms with Gasteiger partial charge in [-0.15, -0.1) is 0 Å². The zero-order chi connectivity index (χ0) is 16.1. The molecule has 1 aliphatic rings. The summed E-state index contributed by atoms with van der Waals surface area (Å²) < 4.78 is 0.792. The van der Waals surface area contributed by atoms with Crippen molar-refractivity contribution in [1.82, 2.24) is 10.9 Å². The summed E-state index contributed by atoms with van der Waals surface area (Å²) in [5, 5.41) is 17.2. The van der Waals surface area contributed by atoms with Crippen LogP contribution in [0, 0.1) is 5.92 Å². The zero-order valence-electron chi connectivity index (χ0n) is 11.8. The molecule has 0 aromatic heterocycles. The fourth-order valence-corrected chi connectivity index (χ4v) is 2.34. The normalized spacial score (nSPS) is 17.5. The molecule has 7 nitrogen and oxygen atoms in total. The summed E-state index contributed by atoms with van der Waals surface area (Å²) in [6, 6.07) is 4.89. The molecule has 0 fully saturated rings. The quantitative estimate of drug-likeness (QED) is 0.543. The van der Waals surface area contributed by atoms with Gasteiger partial charge in [-0.25, -0.2) is 10.9 Å². The molecule has 3 N–H and O–H groups in total. The second-order valence-electron chi connectivity index (χ2n) is 4.82. The highest BCUT2D eigenvalue weighted by atomic mass is 79.9. The lowest BCUT2D eigenvalue weighted by atomic mass is 9.99.